The highest BCUT2D eigenvalue weighted by molar-refractivity contribution is 4.83. The Bertz CT molecular complexity index is 221. The van der Waals surface area contributed by atoms with Crippen LogP contribution >= 0.6 is 0 Å². The Balaban J connectivity index is 1.86. The summed E-state index contributed by atoms with van der Waals surface area (Å²) in [4.78, 5) is 2.75. The van der Waals surface area contributed by atoms with Gasteiger partial charge in [-0.15, -0.1) is 0 Å². The number of nitrogens with zero attached hydrogens (tertiary/aromatic N) is 1. The smallest absolute Gasteiger partial charge is 0.00355 e. The van der Waals surface area contributed by atoms with Crippen LogP contribution in [0.5, 0.6) is 0 Å². The van der Waals surface area contributed by atoms with Crippen LogP contribution in [-0.4, -0.2) is 37.6 Å². The van der Waals surface area contributed by atoms with Crippen LogP contribution in [0.25, 0.3) is 0 Å². The van der Waals surface area contributed by atoms with E-state index in [0.29, 0.717) is 5.41 Å². The molecule has 0 aromatic carbocycles. The fourth-order valence-corrected chi connectivity index (χ4v) is 3.62. The maximum Gasteiger partial charge on any atom is 0.00355 e. The monoisotopic (exact) mass is 238 g/mol. The van der Waals surface area contributed by atoms with Crippen molar-refractivity contribution >= 4 is 0 Å². The third kappa shape index (κ3) is 4.26. The summed E-state index contributed by atoms with van der Waals surface area (Å²) in [6.07, 6.45) is 8.62. The van der Waals surface area contributed by atoms with Gasteiger partial charge in [0.1, 0.15) is 0 Å². The second-order valence-electron chi connectivity index (χ2n) is 6.77. The molecule has 0 bridgehead atoms. The molecular weight excluding hydrogens is 208 g/mol. The number of hydrogen-bond acceptors (Lipinski definition) is 2. The topological polar surface area (TPSA) is 15.3 Å². The maximum atomic E-state index is 3.54. The largest absolute Gasteiger partial charge is 0.316 e. The molecule has 2 heteroatoms. The van der Waals surface area contributed by atoms with E-state index in [1.807, 2.05) is 0 Å². The van der Waals surface area contributed by atoms with Gasteiger partial charge in [-0.3, -0.25) is 0 Å². The first-order chi connectivity index (χ1) is 8.18. The van der Waals surface area contributed by atoms with Crippen LogP contribution in [0.2, 0.25) is 0 Å². The van der Waals surface area contributed by atoms with Gasteiger partial charge in [0.05, 0.1) is 0 Å². The average molecular weight is 238 g/mol. The molecular formula is C15H30N2. The summed E-state index contributed by atoms with van der Waals surface area (Å²) in [6, 6.07) is 0. The third-order valence-corrected chi connectivity index (χ3v) is 4.56. The molecule has 1 saturated heterocycles. The number of rotatable bonds is 2. The zero-order chi connectivity index (χ0) is 12.1. The molecule has 0 spiro atoms. The lowest BCUT2D eigenvalue weighted by Crippen LogP contribution is -2.44. The lowest BCUT2D eigenvalue weighted by molar-refractivity contribution is 0.104. The van der Waals surface area contributed by atoms with Gasteiger partial charge in [0.2, 0.25) is 0 Å². The third-order valence-electron chi connectivity index (χ3n) is 4.56. The lowest BCUT2D eigenvalue weighted by Gasteiger charge is -2.40. The quantitative estimate of drug-likeness (QED) is 0.796. The van der Waals surface area contributed by atoms with Crippen molar-refractivity contribution in [2.75, 3.05) is 32.7 Å². The summed E-state index contributed by atoms with van der Waals surface area (Å²) in [5, 5.41) is 3.54. The van der Waals surface area contributed by atoms with E-state index in [1.165, 1.54) is 71.2 Å². The van der Waals surface area contributed by atoms with Gasteiger partial charge in [0, 0.05) is 13.1 Å². The van der Waals surface area contributed by atoms with E-state index in [0.717, 1.165) is 5.92 Å². The van der Waals surface area contributed by atoms with Crippen LogP contribution < -0.4 is 5.32 Å². The predicted octanol–water partition coefficient (Wildman–Crippen LogP) is 2.89. The van der Waals surface area contributed by atoms with Crippen LogP contribution in [0.1, 0.15) is 52.4 Å². The zero-order valence-corrected chi connectivity index (χ0v) is 11.8. The molecule has 1 unspecified atom stereocenters. The van der Waals surface area contributed by atoms with Crippen molar-refractivity contribution in [3.05, 3.63) is 0 Å². The SMILES string of the molecule is CC1CNCCCN(CC2(C)CCCCC2)C1. The number of hydrogen-bond donors (Lipinski definition) is 1. The molecule has 1 N–H and O–H groups in total. The number of nitrogens with one attached hydrogen (secondary N) is 1. The average Bonchev–Trinajstić information content (AvgIpc) is 2.26. The minimum Gasteiger partial charge on any atom is -0.316 e. The fraction of sp³-hybridized carbons (Fsp3) is 1.00. The highest BCUT2D eigenvalue weighted by atomic mass is 15.1. The molecule has 1 saturated carbocycles. The van der Waals surface area contributed by atoms with E-state index in [4.69, 9.17) is 0 Å². The standard InChI is InChI=1S/C15H30N2/c1-14-11-16-9-6-10-17(12-14)13-15(2)7-4-3-5-8-15/h14,16H,3-13H2,1-2H3. The summed E-state index contributed by atoms with van der Waals surface area (Å²) in [7, 11) is 0. The van der Waals surface area contributed by atoms with E-state index in [2.05, 4.69) is 24.1 Å². The molecule has 2 fully saturated rings. The van der Waals surface area contributed by atoms with Crippen molar-refractivity contribution in [1.82, 2.24) is 10.2 Å². The molecule has 0 amide bonds. The molecule has 100 valence electrons. The van der Waals surface area contributed by atoms with Crippen LogP contribution in [0.3, 0.4) is 0 Å². The predicted molar refractivity (Wildman–Crippen MR) is 74.3 cm³/mol. The van der Waals surface area contributed by atoms with E-state index in [9.17, 15) is 0 Å². The van der Waals surface area contributed by atoms with Crippen LogP contribution in [0.4, 0.5) is 0 Å². The Labute approximate surface area is 107 Å². The van der Waals surface area contributed by atoms with E-state index >= 15 is 0 Å². The Morgan fingerprint density at radius 3 is 2.71 bits per heavy atom. The highest BCUT2D eigenvalue weighted by Crippen LogP contribution is 2.36. The molecule has 0 aromatic rings. The first kappa shape index (κ1) is 13.4. The first-order valence-electron chi connectivity index (χ1n) is 7.61. The van der Waals surface area contributed by atoms with Gasteiger partial charge >= 0.3 is 0 Å². The molecule has 1 atom stereocenters. The molecule has 2 aliphatic rings. The Kier molecular flexibility index (Phi) is 4.87. The van der Waals surface area contributed by atoms with Gasteiger partial charge in [-0.25, -0.2) is 0 Å². The van der Waals surface area contributed by atoms with Crippen LogP contribution in [0, 0.1) is 11.3 Å². The molecule has 2 nitrogen and oxygen atoms in total. The summed E-state index contributed by atoms with van der Waals surface area (Å²) < 4.78 is 0. The van der Waals surface area contributed by atoms with E-state index in [1.54, 1.807) is 0 Å². The minimum atomic E-state index is 0.616. The van der Waals surface area contributed by atoms with Crippen molar-refractivity contribution in [2.24, 2.45) is 11.3 Å². The normalized spacial score (nSPS) is 31.8. The molecule has 0 radical (unpaired) electrons. The van der Waals surface area contributed by atoms with E-state index in [-0.39, 0.29) is 0 Å². The molecule has 1 heterocycles. The van der Waals surface area contributed by atoms with Crippen LogP contribution in [0.15, 0.2) is 0 Å². The molecule has 0 aromatic heterocycles. The Morgan fingerprint density at radius 1 is 1.18 bits per heavy atom. The highest BCUT2D eigenvalue weighted by Gasteiger charge is 2.29. The molecule has 2 rings (SSSR count). The van der Waals surface area contributed by atoms with E-state index < -0.39 is 0 Å². The van der Waals surface area contributed by atoms with Crippen molar-refractivity contribution in [3.8, 4) is 0 Å². The second-order valence-corrected chi connectivity index (χ2v) is 6.77. The van der Waals surface area contributed by atoms with Crippen molar-refractivity contribution in [1.29, 1.82) is 0 Å². The first-order valence-corrected chi connectivity index (χ1v) is 7.61. The zero-order valence-electron chi connectivity index (χ0n) is 11.8. The van der Waals surface area contributed by atoms with Gasteiger partial charge in [-0.1, -0.05) is 33.1 Å². The lowest BCUT2D eigenvalue weighted by atomic mass is 9.75. The van der Waals surface area contributed by atoms with Crippen molar-refractivity contribution in [2.45, 2.75) is 52.4 Å². The summed E-state index contributed by atoms with van der Waals surface area (Å²) in [5.41, 5.74) is 0.616. The summed E-state index contributed by atoms with van der Waals surface area (Å²) in [6.45, 7) is 11.2. The van der Waals surface area contributed by atoms with Crippen molar-refractivity contribution < 1.29 is 0 Å². The van der Waals surface area contributed by atoms with Crippen LogP contribution in [-0.2, 0) is 0 Å². The Morgan fingerprint density at radius 2 is 1.94 bits per heavy atom. The summed E-state index contributed by atoms with van der Waals surface area (Å²) >= 11 is 0. The molecule has 17 heavy (non-hydrogen) atoms. The molecule has 1 aliphatic heterocycles. The van der Waals surface area contributed by atoms with Gasteiger partial charge < -0.3 is 10.2 Å². The van der Waals surface area contributed by atoms with Gasteiger partial charge in [0.15, 0.2) is 0 Å². The Hall–Kier alpha value is -0.0800. The summed E-state index contributed by atoms with van der Waals surface area (Å²) in [5.74, 6) is 0.808. The van der Waals surface area contributed by atoms with Gasteiger partial charge in [-0.2, -0.15) is 0 Å². The van der Waals surface area contributed by atoms with Gasteiger partial charge in [0.25, 0.3) is 0 Å². The van der Waals surface area contributed by atoms with Crippen molar-refractivity contribution in [3.63, 3.8) is 0 Å². The minimum absolute atomic E-state index is 0.616. The molecule has 1 aliphatic carbocycles. The maximum absolute atomic E-state index is 3.54. The van der Waals surface area contributed by atoms with Gasteiger partial charge in [-0.05, 0) is 50.2 Å². The second kappa shape index (κ2) is 6.19. The fourth-order valence-electron chi connectivity index (χ4n) is 3.62.